The first-order valence-corrected chi connectivity index (χ1v) is 9.51. The molecule has 2 aromatic rings. The van der Waals surface area contributed by atoms with Gasteiger partial charge in [0.15, 0.2) is 6.10 Å². The molecule has 1 atom stereocenters. The van der Waals surface area contributed by atoms with Gasteiger partial charge in [-0.15, -0.1) is 0 Å². The summed E-state index contributed by atoms with van der Waals surface area (Å²) >= 11 is 0. The number of ether oxygens (including phenoxy) is 1. The first kappa shape index (κ1) is 18.3. The molecule has 1 N–H and O–H groups in total. The van der Waals surface area contributed by atoms with Crippen LogP contribution in [0, 0.1) is 6.92 Å². The average Bonchev–Trinajstić information content (AvgIpc) is 3.06. The van der Waals surface area contributed by atoms with Gasteiger partial charge in [-0.3, -0.25) is 4.79 Å². The minimum absolute atomic E-state index is 0.0316. The van der Waals surface area contributed by atoms with E-state index in [-0.39, 0.29) is 5.91 Å². The molecular weight excluding hydrogens is 324 g/mol. The SMILES string of the molecule is CC[C@@H](Oc1cccc(C)c1)C(=O)NCCCN1CCc2ccccc21. The maximum atomic E-state index is 12.4. The van der Waals surface area contributed by atoms with E-state index in [1.165, 1.54) is 11.3 Å². The highest BCUT2D eigenvalue weighted by Crippen LogP contribution is 2.27. The van der Waals surface area contributed by atoms with E-state index in [1.807, 2.05) is 38.1 Å². The van der Waals surface area contributed by atoms with Gasteiger partial charge >= 0.3 is 0 Å². The van der Waals surface area contributed by atoms with Gasteiger partial charge in [-0.1, -0.05) is 37.3 Å². The zero-order valence-corrected chi connectivity index (χ0v) is 15.7. The second-order valence-corrected chi connectivity index (χ2v) is 6.84. The third kappa shape index (κ3) is 4.57. The summed E-state index contributed by atoms with van der Waals surface area (Å²) in [4.78, 5) is 14.8. The topological polar surface area (TPSA) is 41.6 Å². The summed E-state index contributed by atoms with van der Waals surface area (Å²) < 4.78 is 5.86. The van der Waals surface area contributed by atoms with Crippen LogP contribution in [0.4, 0.5) is 5.69 Å². The Morgan fingerprint density at radius 3 is 2.88 bits per heavy atom. The van der Waals surface area contributed by atoms with E-state index >= 15 is 0 Å². The number of benzene rings is 2. The number of fused-ring (bicyclic) bond motifs is 1. The minimum atomic E-state index is -0.440. The number of aryl methyl sites for hydroxylation is 1. The molecule has 1 amide bonds. The van der Waals surface area contributed by atoms with Gasteiger partial charge < -0.3 is 15.0 Å². The van der Waals surface area contributed by atoms with Crippen molar-refractivity contribution < 1.29 is 9.53 Å². The number of hydrogen-bond donors (Lipinski definition) is 1. The van der Waals surface area contributed by atoms with Crippen molar-refractivity contribution in [2.45, 2.75) is 39.2 Å². The molecule has 0 spiro atoms. The normalized spacial score (nSPS) is 14.0. The van der Waals surface area contributed by atoms with Crippen LogP contribution < -0.4 is 15.0 Å². The molecule has 0 saturated heterocycles. The molecule has 1 heterocycles. The second kappa shape index (κ2) is 8.75. The van der Waals surface area contributed by atoms with Crippen LogP contribution >= 0.6 is 0 Å². The molecule has 138 valence electrons. The Kier molecular flexibility index (Phi) is 6.16. The summed E-state index contributed by atoms with van der Waals surface area (Å²) in [6.07, 6.45) is 2.26. The van der Waals surface area contributed by atoms with Crippen molar-refractivity contribution in [2.75, 3.05) is 24.5 Å². The van der Waals surface area contributed by atoms with E-state index in [2.05, 4.69) is 34.5 Å². The van der Waals surface area contributed by atoms with Crippen molar-refractivity contribution in [2.24, 2.45) is 0 Å². The lowest BCUT2D eigenvalue weighted by molar-refractivity contribution is -0.128. The van der Waals surface area contributed by atoms with Crippen molar-refractivity contribution >= 4 is 11.6 Å². The Bertz CT molecular complexity index is 744. The van der Waals surface area contributed by atoms with Gasteiger partial charge in [-0.05, 0) is 55.5 Å². The summed E-state index contributed by atoms with van der Waals surface area (Å²) in [6.45, 7) is 6.70. The maximum Gasteiger partial charge on any atom is 0.261 e. The third-order valence-corrected chi connectivity index (χ3v) is 4.82. The summed E-state index contributed by atoms with van der Waals surface area (Å²) in [7, 11) is 0. The third-order valence-electron chi connectivity index (χ3n) is 4.82. The Morgan fingerprint density at radius 2 is 2.08 bits per heavy atom. The lowest BCUT2D eigenvalue weighted by Crippen LogP contribution is -2.39. The number of nitrogens with zero attached hydrogens (tertiary/aromatic N) is 1. The van der Waals surface area contributed by atoms with Gasteiger partial charge in [0, 0.05) is 25.3 Å². The monoisotopic (exact) mass is 352 g/mol. The number of carbonyl (C=O) groups excluding carboxylic acids is 1. The fourth-order valence-electron chi connectivity index (χ4n) is 3.41. The van der Waals surface area contributed by atoms with Crippen LogP contribution in [0.5, 0.6) is 5.75 Å². The first-order chi connectivity index (χ1) is 12.7. The van der Waals surface area contributed by atoms with Crippen LogP contribution in [-0.2, 0) is 11.2 Å². The number of carbonyl (C=O) groups is 1. The highest BCUT2D eigenvalue weighted by atomic mass is 16.5. The van der Waals surface area contributed by atoms with Crippen LogP contribution in [0.15, 0.2) is 48.5 Å². The zero-order chi connectivity index (χ0) is 18.4. The van der Waals surface area contributed by atoms with Crippen molar-refractivity contribution in [3.63, 3.8) is 0 Å². The second-order valence-electron chi connectivity index (χ2n) is 6.84. The Balaban J connectivity index is 1.43. The number of nitrogens with one attached hydrogen (secondary N) is 1. The Morgan fingerprint density at radius 1 is 1.23 bits per heavy atom. The quantitative estimate of drug-likeness (QED) is 0.736. The molecule has 0 unspecified atom stereocenters. The molecule has 1 aliphatic rings. The number of anilines is 1. The van der Waals surface area contributed by atoms with Crippen molar-refractivity contribution in [1.82, 2.24) is 5.32 Å². The molecule has 26 heavy (non-hydrogen) atoms. The number of hydrogen-bond acceptors (Lipinski definition) is 3. The van der Waals surface area contributed by atoms with Crippen LogP contribution in [0.2, 0.25) is 0 Å². The molecule has 0 radical (unpaired) electrons. The summed E-state index contributed by atoms with van der Waals surface area (Å²) in [5.41, 5.74) is 3.89. The van der Waals surface area contributed by atoms with Gasteiger partial charge in [0.25, 0.3) is 5.91 Å². The number of rotatable bonds is 8. The molecule has 0 bridgehead atoms. The van der Waals surface area contributed by atoms with Crippen LogP contribution in [-0.4, -0.2) is 31.6 Å². The van der Waals surface area contributed by atoms with Gasteiger partial charge in [-0.25, -0.2) is 0 Å². The summed E-state index contributed by atoms with van der Waals surface area (Å²) in [5.74, 6) is 0.719. The molecule has 0 fully saturated rings. The Hall–Kier alpha value is -2.49. The number of para-hydroxylation sites is 1. The largest absolute Gasteiger partial charge is 0.481 e. The van der Waals surface area contributed by atoms with E-state index in [0.717, 1.165) is 37.2 Å². The predicted molar refractivity (Wildman–Crippen MR) is 106 cm³/mol. The fraction of sp³-hybridized carbons (Fsp3) is 0.409. The highest BCUT2D eigenvalue weighted by molar-refractivity contribution is 5.81. The standard InChI is InChI=1S/C22H28N2O2/c1-3-21(26-19-10-6-8-17(2)16-19)22(25)23-13-7-14-24-15-12-18-9-4-5-11-20(18)24/h4-6,8-11,16,21H,3,7,12-15H2,1-2H3,(H,23,25)/t21-/m1/s1. The van der Waals surface area contributed by atoms with Crippen molar-refractivity contribution in [1.29, 1.82) is 0 Å². The van der Waals surface area contributed by atoms with Gasteiger partial charge in [-0.2, -0.15) is 0 Å². The zero-order valence-electron chi connectivity index (χ0n) is 15.7. The first-order valence-electron chi connectivity index (χ1n) is 9.51. The average molecular weight is 352 g/mol. The minimum Gasteiger partial charge on any atom is -0.481 e. The van der Waals surface area contributed by atoms with Crippen molar-refractivity contribution in [3.05, 3.63) is 59.7 Å². The molecule has 0 aliphatic carbocycles. The molecule has 0 saturated carbocycles. The lowest BCUT2D eigenvalue weighted by Gasteiger charge is -2.20. The van der Waals surface area contributed by atoms with Crippen molar-refractivity contribution in [3.8, 4) is 5.75 Å². The molecular formula is C22H28N2O2. The summed E-state index contributed by atoms with van der Waals surface area (Å²) in [5, 5.41) is 3.03. The molecule has 3 rings (SSSR count). The van der Waals surface area contributed by atoms with E-state index in [1.54, 1.807) is 0 Å². The summed E-state index contributed by atoms with van der Waals surface area (Å²) in [6, 6.07) is 16.4. The fourth-order valence-corrected chi connectivity index (χ4v) is 3.41. The van der Waals surface area contributed by atoms with Crippen LogP contribution in [0.3, 0.4) is 0 Å². The van der Waals surface area contributed by atoms with Gasteiger partial charge in [0.2, 0.25) is 0 Å². The maximum absolute atomic E-state index is 12.4. The smallest absolute Gasteiger partial charge is 0.261 e. The lowest BCUT2D eigenvalue weighted by atomic mass is 10.2. The van der Waals surface area contributed by atoms with Gasteiger partial charge in [0.05, 0.1) is 0 Å². The van der Waals surface area contributed by atoms with Crippen LogP contribution in [0.25, 0.3) is 0 Å². The Labute approximate surface area is 156 Å². The van der Waals surface area contributed by atoms with E-state index in [9.17, 15) is 4.79 Å². The number of amides is 1. The molecule has 0 aromatic heterocycles. The molecule has 4 heteroatoms. The van der Waals surface area contributed by atoms with Gasteiger partial charge in [0.1, 0.15) is 5.75 Å². The van der Waals surface area contributed by atoms with E-state index < -0.39 is 6.10 Å². The molecule has 1 aliphatic heterocycles. The highest BCUT2D eigenvalue weighted by Gasteiger charge is 2.19. The van der Waals surface area contributed by atoms with E-state index in [4.69, 9.17) is 4.74 Å². The van der Waals surface area contributed by atoms with E-state index in [0.29, 0.717) is 13.0 Å². The predicted octanol–water partition coefficient (Wildman–Crippen LogP) is 3.72. The molecule has 4 nitrogen and oxygen atoms in total. The van der Waals surface area contributed by atoms with Crippen LogP contribution in [0.1, 0.15) is 30.9 Å². The molecule has 2 aromatic carbocycles.